The Morgan fingerprint density at radius 3 is 2.68 bits per heavy atom. The number of benzene rings is 1. The summed E-state index contributed by atoms with van der Waals surface area (Å²) in [5.41, 5.74) is 0.725. The number of carbonyl (C=O) groups excluding carboxylic acids is 3. The van der Waals surface area contributed by atoms with E-state index < -0.39 is 18.2 Å². The molecule has 2 atom stereocenters. The zero-order valence-corrected chi connectivity index (χ0v) is 16.6. The van der Waals surface area contributed by atoms with Gasteiger partial charge in [-0.15, -0.1) is 0 Å². The predicted molar refractivity (Wildman–Crippen MR) is 100 cm³/mol. The molecule has 2 heterocycles. The number of likely N-dealkylation sites (tertiary alicyclic amines) is 1. The molecule has 0 aliphatic carbocycles. The van der Waals surface area contributed by atoms with Crippen LogP contribution in [0.1, 0.15) is 55.3 Å². The second-order valence-electron chi connectivity index (χ2n) is 7.35. The van der Waals surface area contributed by atoms with Gasteiger partial charge in [-0.05, 0) is 30.9 Å². The average Bonchev–Trinajstić information content (AvgIpc) is 3.20. The summed E-state index contributed by atoms with van der Waals surface area (Å²) in [6.45, 7) is 4.70. The molecule has 2 aliphatic rings. The number of esters is 1. The molecule has 8 heteroatoms. The molecule has 2 amide bonds. The summed E-state index contributed by atoms with van der Waals surface area (Å²) < 4.78 is 16.1. The van der Waals surface area contributed by atoms with Gasteiger partial charge in [-0.25, -0.2) is 4.79 Å². The van der Waals surface area contributed by atoms with Gasteiger partial charge < -0.3 is 19.5 Å². The Morgan fingerprint density at radius 2 is 2.04 bits per heavy atom. The second-order valence-corrected chi connectivity index (χ2v) is 7.35. The molecule has 28 heavy (non-hydrogen) atoms. The smallest absolute Gasteiger partial charge is 0.344 e. The molecule has 152 valence electrons. The van der Waals surface area contributed by atoms with Crippen LogP contribution in [0.4, 0.5) is 0 Å². The summed E-state index contributed by atoms with van der Waals surface area (Å²) in [6, 6.07) is 2.66. The van der Waals surface area contributed by atoms with Crippen molar-refractivity contribution < 1.29 is 28.6 Å². The van der Waals surface area contributed by atoms with E-state index in [9.17, 15) is 14.4 Å². The molecule has 0 unspecified atom stereocenters. The Bertz CT molecular complexity index is 791. The minimum atomic E-state index is -0.946. The second kappa shape index (κ2) is 8.08. The molecule has 8 nitrogen and oxygen atoms in total. The molecule has 0 radical (unpaired) electrons. The molecule has 0 bridgehead atoms. The maximum Gasteiger partial charge on any atom is 0.344 e. The maximum absolute atomic E-state index is 12.7. The Morgan fingerprint density at radius 1 is 1.29 bits per heavy atom. The highest BCUT2D eigenvalue weighted by molar-refractivity contribution is 5.99. The van der Waals surface area contributed by atoms with Gasteiger partial charge >= 0.3 is 5.97 Å². The number of methoxy groups -OCH3 is 2. The molecule has 1 aromatic carbocycles. The van der Waals surface area contributed by atoms with Gasteiger partial charge in [0.05, 0.1) is 14.2 Å². The van der Waals surface area contributed by atoms with Gasteiger partial charge in [0.15, 0.2) is 11.5 Å². The molecule has 1 N–H and O–H groups in total. The number of cyclic esters (lactones) is 1. The minimum Gasteiger partial charge on any atom is -0.493 e. The molecule has 2 aliphatic heterocycles. The first-order valence-corrected chi connectivity index (χ1v) is 9.43. The quantitative estimate of drug-likeness (QED) is 0.716. The predicted octanol–water partition coefficient (Wildman–Crippen LogP) is 2.03. The number of amides is 2. The van der Waals surface area contributed by atoms with Gasteiger partial charge in [0.2, 0.25) is 18.0 Å². The first kappa shape index (κ1) is 20.0. The van der Waals surface area contributed by atoms with Crippen molar-refractivity contribution in [3.63, 3.8) is 0 Å². The van der Waals surface area contributed by atoms with Gasteiger partial charge in [-0.3, -0.25) is 14.5 Å². The number of carbonyl (C=O) groups is 3. The minimum absolute atomic E-state index is 0.218. The fraction of sp³-hybridized carbons (Fsp3) is 0.550. The topological polar surface area (TPSA) is 94.2 Å². The van der Waals surface area contributed by atoms with Gasteiger partial charge in [0, 0.05) is 18.5 Å². The summed E-state index contributed by atoms with van der Waals surface area (Å²) in [5, 5.41) is 2.89. The van der Waals surface area contributed by atoms with E-state index in [4.69, 9.17) is 14.2 Å². The van der Waals surface area contributed by atoms with Crippen LogP contribution in [-0.2, 0) is 14.3 Å². The van der Waals surface area contributed by atoms with Gasteiger partial charge in [0.1, 0.15) is 11.6 Å². The number of rotatable bonds is 7. The highest BCUT2D eigenvalue weighted by Crippen LogP contribution is 2.45. The number of fused-ring (bicyclic) bond motifs is 1. The van der Waals surface area contributed by atoms with Crippen LogP contribution in [0, 0.1) is 5.92 Å². The van der Waals surface area contributed by atoms with E-state index in [2.05, 4.69) is 19.2 Å². The molecule has 0 saturated carbocycles. The van der Waals surface area contributed by atoms with Crippen LogP contribution in [-0.4, -0.2) is 49.5 Å². The Labute approximate surface area is 164 Å². The molecule has 1 saturated heterocycles. The van der Waals surface area contributed by atoms with E-state index in [-0.39, 0.29) is 29.5 Å². The van der Waals surface area contributed by atoms with E-state index in [1.165, 1.54) is 19.1 Å². The molecule has 0 aromatic heterocycles. The highest BCUT2D eigenvalue weighted by Gasteiger charge is 2.47. The number of ether oxygens (including phenoxy) is 3. The maximum atomic E-state index is 12.7. The van der Waals surface area contributed by atoms with E-state index in [0.717, 1.165) is 6.42 Å². The molecule has 1 aromatic rings. The van der Waals surface area contributed by atoms with Crippen molar-refractivity contribution in [1.29, 1.82) is 0 Å². The van der Waals surface area contributed by atoms with E-state index >= 15 is 0 Å². The lowest BCUT2D eigenvalue weighted by atomic mass is 10.0. The van der Waals surface area contributed by atoms with Crippen molar-refractivity contribution in [3.8, 4) is 11.5 Å². The van der Waals surface area contributed by atoms with Crippen LogP contribution in [0.25, 0.3) is 0 Å². The number of hydrogen-bond acceptors (Lipinski definition) is 6. The Balaban J connectivity index is 1.88. The summed E-state index contributed by atoms with van der Waals surface area (Å²) in [7, 11) is 2.91. The van der Waals surface area contributed by atoms with Crippen molar-refractivity contribution in [2.75, 3.05) is 20.8 Å². The normalized spacial score (nSPS) is 21.0. The third kappa shape index (κ3) is 3.50. The van der Waals surface area contributed by atoms with Gasteiger partial charge in [-0.2, -0.15) is 0 Å². The zero-order chi connectivity index (χ0) is 20.4. The van der Waals surface area contributed by atoms with Crippen molar-refractivity contribution in [3.05, 3.63) is 23.3 Å². The van der Waals surface area contributed by atoms with E-state index in [1.807, 2.05) is 0 Å². The first-order valence-electron chi connectivity index (χ1n) is 9.43. The van der Waals surface area contributed by atoms with Crippen LogP contribution in [0.5, 0.6) is 11.5 Å². The fourth-order valence-corrected chi connectivity index (χ4v) is 3.64. The summed E-state index contributed by atoms with van der Waals surface area (Å²) in [4.78, 5) is 39.1. The van der Waals surface area contributed by atoms with Crippen LogP contribution in [0.15, 0.2) is 12.1 Å². The highest BCUT2D eigenvalue weighted by atomic mass is 16.6. The Hall–Kier alpha value is -2.77. The Kier molecular flexibility index (Phi) is 5.76. The van der Waals surface area contributed by atoms with Gasteiger partial charge in [0.25, 0.3) is 0 Å². The van der Waals surface area contributed by atoms with Gasteiger partial charge in [-0.1, -0.05) is 13.8 Å². The lowest BCUT2D eigenvalue weighted by Crippen LogP contribution is -2.46. The summed E-state index contributed by atoms with van der Waals surface area (Å²) in [5.74, 6) is 0.0775. The number of nitrogens with zero attached hydrogens (tertiary/aromatic N) is 1. The van der Waals surface area contributed by atoms with Crippen LogP contribution in [0.2, 0.25) is 0 Å². The summed E-state index contributed by atoms with van der Waals surface area (Å²) >= 11 is 0. The summed E-state index contributed by atoms with van der Waals surface area (Å²) in [6.07, 6.45) is 0.533. The van der Waals surface area contributed by atoms with E-state index in [1.54, 1.807) is 12.1 Å². The molecule has 3 rings (SSSR count). The van der Waals surface area contributed by atoms with Crippen LogP contribution in [0.3, 0.4) is 0 Å². The molecular formula is C20H26N2O6. The average molecular weight is 390 g/mol. The largest absolute Gasteiger partial charge is 0.493 e. The SMILES string of the molecule is COc1ccc2c(c1OC)C(=O)O[C@@H]2N1C(=O)CC[C@@H]1C(=O)NCCC(C)C. The van der Waals surface area contributed by atoms with Crippen LogP contribution < -0.4 is 14.8 Å². The first-order chi connectivity index (χ1) is 13.4. The van der Waals surface area contributed by atoms with Crippen molar-refractivity contribution in [2.24, 2.45) is 5.92 Å². The number of nitrogens with one attached hydrogen (secondary N) is 1. The lowest BCUT2D eigenvalue weighted by Gasteiger charge is -2.29. The van der Waals surface area contributed by atoms with Crippen molar-refractivity contribution in [1.82, 2.24) is 10.2 Å². The van der Waals surface area contributed by atoms with Crippen molar-refractivity contribution >= 4 is 17.8 Å². The fourth-order valence-electron chi connectivity index (χ4n) is 3.64. The molecule has 1 fully saturated rings. The third-order valence-electron chi connectivity index (χ3n) is 5.10. The monoisotopic (exact) mass is 390 g/mol. The molecular weight excluding hydrogens is 364 g/mol. The number of hydrogen-bond donors (Lipinski definition) is 1. The standard InChI is InChI=1S/C20H26N2O6/c1-11(2)9-10-21-18(24)13-6-8-15(23)22(13)19-12-5-7-14(26-3)17(27-4)16(12)20(25)28-19/h5,7,11,13,19H,6,8-10H2,1-4H3,(H,21,24)/t13-,19+/m1/s1. The van der Waals surface area contributed by atoms with Crippen molar-refractivity contribution in [2.45, 2.75) is 45.4 Å². The zero-order valence-electron chi connectivity index (χ0n) is 16.6. The third-order valence-corrected chi connectivity index (χ3v) is 5.10. The van der Waals surface area contributed by atoms with Crippen LogP contribution >= 0.6 is 0 Å². The van der Waals surface area contributed by atoms with E-state index in [0.29, 0.717) is 30.2 Å². The lowest BCUT2D eigenvalue weighted by molar-refractivity contribution is -0.145. The molecule has 0 spiro atoms.